The maximum atomic E-state index is 14.4. The van der Waals surface area contributed by atoms with Crippen LogP contribution in [0.1, 0.15) is 83.3 Å². The number of ether oxygens (including phenoxy) is 5. The van der Waals surface area contributed by atoms with Crippen molar-refractivity contribution in [3.8, 4) is 23.0 Å². The first kappa shape index (κ1) is 46.5. The van der Waals surface area contributed by atoms with E-state index < -0.39 is 88.8 Å². The SMILES string of the molecule is COC(C)CCO/N=C/c1c2c(O)c3c(O)c(C)c4c(c3c1O)C(=O)C(C)(O/C=C/C(OC)C(C)C(OC(C)=O)C(C)C(O)C(C)C(O)C(C)/C=C/C=C(\C)C(=O)N2)O4. The average Bonchev–Trinajstić information content (AvgIpc) is 3.46. The molecule has 0 radical (unpaired) electrons. The van der Waals surface area contributed by atoms with Crippen LogP contribution in [0.3, 0.4) is 0 Å². The number of anilines is 1. The minimum absolute atomic E-state index is 0.0265. The van der Waals surface area contributed by atoms with E-state index in [-0.39, 0.29) is 57.2 Å². The second kappa shape index (κ2) is 19.3. The summed E-state index contributed by atoms with van der Waals surface area (Å²) in [4.78, 5) is 45.7. The van der Waals surface area contributed by atoms with Crippen molar-refractivity contribution >= 4 is 40.3 Å². The van der Waals surface area contributed by atoms with Gasteiger partial charge in [-0.25, -0.2) is 0 Å². The van der Waals surface area contributed by atoms with Crippen molar-refractivity contribution in [3.63, 3.8) is 0 Å². The molecule has 0 spiro atoms. The number of hydrogen-bond acceptors (Lipinski definition) is 15. The van der Waals surface area contributed by atoms with Gasteiger partial charge in [0.05, 0.1) is 59.1 Å². The van der Waals surface area contributed by atoms with Gasteiger partial charge in [0.25, 0.3) is 11.7 Å². The molecule has 0 saturated carbocycles. The Kier molecular flexibility index (Phi) is 15.2. The standard InChI is InChI=1S/C43H58N2O14/c1-20-13-12-14-21(2)42(53)45-33-28(19-44-57-18-15-22(3)54-10)37(50)30-31(38(33)51)36(49)26(7)40-32(30)41(52)43(9,59-40)56-17-16-29(55-11)23(4)39(58-27(8)46)25(6)35(48)24(5)34(20)47/h12-14,16-17,19-20,22-25,29,34-35,39,47-51H,15,18H2,1-11H3,(H,45,53)/b13-12+,17-16+,21-14+,44-19+. The topological polar surface area (TPSA) is 232 Å². The molecule has 1 amide bonds. The fourth-order valence-corrected chi connectivity index (χ4v) is 7.35. The Labute approximate surface area is 344 Å². The van der Waals surface area contributed by atoms with Gasteiger partial charge in [0, 0.05) is 74.7 Å². The predicted molar refractivity (Wildman–Crippen MR) is 218 cm³/mol. The molecule has 324 valence electrons. The lowest BCUT2D eigenvalue weighted by Crippen LogP contribution is -2.46. The number of oxime groups is 1. The molecule has 0 aromatic heterocycles. The van der Waals surface area contributed by atoms with Gasteiger partial charge in [-0.3, -0.25) is 14.4 Å². The fraction of sp³-hybridized carbons (Fsp3) is 0.535. The van der Waals surface area contributed by atoms with E-state index in [1.807, 2.05) is 6.92 Å². The number of ketones is 1. The number of Topliss-reactive ketones (excluding diaryl/α,β-unsaturated/α-hetero) is 1. The first-order chi connectivity index (χ1) is 27.7. The van der Waals surface area contributed by atoms with Gasteiger partial charge >= 0.3 is 11.8 Å². The zero-order valence-corrected chi connectivity index (χ0v) is 35.4. The number of carbonyl (C=O) groups excluding carboxylic acids is 3. The first-order valence-corrected chi connectivity index (χ1v) is 19.5. The second-order valence-corrected chi connectivity index (χ2v) is 15.5. The lowest BCUT2D eigenvalue weighted by atomic mass is 9.78. The van der Waals surface area contributed by atoms with E-state index >= 15 is 0 Å². The summed E-state index contributed by atoms with van der Waals surface area (Å²) in [5.41, 5.74) is -0.670. The van der Waals surface area contributed by atoms with E-state index in [1.54, 1.807) is 47.0 Å². The summed E-state index contributed by atoms with van der Waals surface area (Å²) in [6.07, 6.45) is 4.78. The molecule has 0 aliphatic carbocycles. The van der Waals surface area contributed by atoms with E-state index in [0.29, 0.717) is 6.42 Å². The third kappa shape index (κ3) is 9.67. The van der Waals surface area contributed by atoms with Crippen LogP contribution >= 0.6 is 0 Å². The highest BCUT2D eigenvalue weighted by Crippen LogP contribution is 2.55. The van der Waals surface area contributed by atoms with E-state index in [2.05, 4.69) is 10.5 Å². The van der Waals surface area contributed by atoms with Crippen LogP contribution in [0.15, 0.2) is 41.3 Å². The molecule has 3 aliphatic rings. The number of aliphatic hydroxyl groups is 2. The molecule has 2 aromatic carbocycles. The van der Waals surface area contributed by atoms with Crippen molar-refractivity contribution in [2.24, 2.45) is 28.8 Å². The zero-order chi connectivity index (χ0) is 44.1. The van der Waals surface area contributed by atoms with Crippen molar-refractivity contribution in [3.05, 3.63) is 52.8 Å². The minimum Gasteiger partial charge on any atom is -0.507 e. The second-order valence-electron chi connectivity index (χ2n) is 15.5. The average molecular weight is 827 g/mol. The van der Waals surface area contributed by atoms with Crippen LogP contribution in [0.2, 0.25) is 0 Å². The molecule has 6 N–H and O–H groups in total. The Hall–Kier alpha value is -5.16. The van der Waals surface area contributed by atoms with E-state index in [1.165, 1.54) is 53.2 Å². The summed E-state index contributed by atoms with van der Waals surface area (Å²) >= 11 is 0. The number of amides is 1. The molecule has 10 unspecified atom stereocenters. The molecular weight excluding hydrogens is 768 g/mol. The summed E-state index contributed by atoms with van der Waals surface area (Å²) < 4.78 is 28.7. The van der Waals surface area contributed by atoms with Crippen LogP contribution in [0, 0.1) is 30.6 Å². The minimum atomic E-state index is -2.07. The molecule has 5 bridgehead atoms. The molecule has 3 aliphatic heterocycles. The number of rotatable bonds is 8. The Morgan fingerprint density at radius 2 is 1.66 bits per heavy atom. The van der Waals surface area contributed by atoms with Gasteiger partial charge in [0.15, 0.2) is 5.75 Å². The van der Waals surface area contributed by atoms with Crippen LogP contribution in [-0.2, 0) is 33.4 Å². The molecular formula is C43H58N2O14. The third-order valence-electron chi connectivity index (χ3n) is 11.3. The highest BCUT2D eigenvalue weighted by atomic mass is 16.7. The number of esters is 1. The van der Waals surface area contributed by atoms with Crippen LogP contribution in [0.25, 0.3) is 10.8 Å². The lowest BCUT2D eigenvalue weighted by Gasteiger charge is -2.38. The van der Waals surface area contributed by atoms with Gasteiger partial charge in [0.1, 0.15) is 30.0 Å². The summed E-state index contributed by atoms with van der Waals surface area (Å²) in [5.74, 6) is -8.73. The summed E-state index contributed by atoms with van der Waals surface area (Å²) in [7, 11) is 2.97. The van der Waals surface area contributed by atoms with E-state index in [0.717, 1.165) is 6.21 Å². The molecule has 3 heterocycles. The van der Waals surface area contributed by atoms with Gasteiger partial charge in [-0.15, -0.1) is 0 Å². The predicted octanol–water partition coefficient (Wildman–Crippen LogP) is 5.53. The Balaban J connectivity index is 1.95. The fourth-order valence-electron chi connectivity index (χ4n) is 7.35. The molecule has 0 fully saturated rings. The van der Waals surface area contributed by atoms with Crippen molar-refractivity contribution in [2.45, 2.75) is 105 Å². The molecule has 5 rings (SSSR count). The van der Waals surface area contributed by atoms with E-state index in [9.17, 15) is 39.9 Å². The van der Waals surface area contributed by atoms with Gasteiger partial charge < -0.3 is 59.4 Å². The number of hydrogen-bond donors (Lipinski definition) is 6. The van der Waals surface area contributed by atoms with Crippen molar-refractivity contribution in [1.29, 1.82) is 0 Å². The summed E-state index contributed by atoms with van der Waals surface area (Å²) in [5, 5.41) is 64.0. The molecule has 10 atom stereocenters. The molecule has 16 heteroatoms. The number of aromatic hydroxyl groups is 3. The van der Waals surface area contributed by atoms with Crippen LogP contribution < -0.4 is 10.1 Å². The quantitative estimate of drug-likeness (QED) is 0.0480. The van der Waals surface area contributed by atoms with E-state index in [4.69, 9.17) is 28.5 Å². The molecule has 2 aromatic rings. The van der Waals surface area contributed by atoms with Gasteiger partial charge in [-0.1, -0.05) is 51.1 Å². The maximum Gasteiger partial charge on any atom is 0.312 e. The number of phenols is 3. The number of phenolic OH excluding ortho intramolecular Hbond substituents is 3. The Morgan fingerprint density at radius 3 is 2.29 bits per heavy atom. The molecule has 16 nitrogen and oxygen atoms in total. The molecule has 0 saturated heterocycles. The van der Waals surface area contributed by atoms with Gasteiger partial charge in [0.2, 0.25) is 0 Å². The maximum absolute atomic E-state index is 14.4. The Bertz CT molecular complexity index is 2020. The Morgan fingerprint density at radius 1 is 0.983 bits per heavy atom. The number of allylic oxidation sites excluding steroid dienone is 2. The number of methoxy groups -OCH3 is 2. The molecule has 59 heavy (non-hydrogen) atoms. The normalized spacial score (nSPS) is 30.6. The zero-order valence-electron chi connectivity index (χ0n) is 35.4. The van der Waals surface area contributed by atoms with Crippen LogP contribution in [0.5, 0.6) is 23.0 Å². The summed E-state index contributed by atoms with van der Waals surface area (Å²) in [6, 6.07) is 0. The number of benzene rings is 2. The first-order valence-electron chi connectivity index (χ1n) is 19.5. The third-order valence-corrected chi connectivity index (χ3v) is 11.3. The number of carbonyl (C=O) groups is 3. The monoisotopic (exact) mass is 826 g/mol. The number of fused-ring (bicyclic) bond motifs is 14. The smallest absolute Gasteiger partial charge is 0.312 e. The number of nitrogens with one attached hydrogen (secondary N) is 1. The highest BCUT2D eigenvalue weighted by molar-refractivity contribution is 6.23. The van der Waals surface area contributed by atoms with Crippen molar-refractivity contribution in [1.82, 2.24) is 0 Å². The van der Waals surface area contributed by atoms with Crippen LogP contribution in [-0.4, -0.2) is 107 Å². The summed E-state index contributed by atoms with van der Waals surface area (Å²) in [6.45, 7) is 14.3. The largest absolute Gasteiger partial charge is 0.507 e. The number of aliphatic hydroxyl groups excluding tert-OH is 2. The van der Waals surface area contributed by atoms with Crippen LogP contribution in [0.4, 0.5) is 5.69 Å². The van der Waals surface area contributed by atoms with Crippen molar-refractivity contribution < 1.29 is 68.4 Å². The lowest BCUT2D eigenvalue weighted by molar-refractivity contribution is -0.160. The van der Waals surface area contributed by atoms with Gasteiger partial charge in [-0.05, 0) is 26.8 Å². The van der Waals surface area contributed by atoms with Gasteiger partial charge in [-0.2, -0.15) is 0 Å². The highest BCUT2D eigenvalue weighted by Gasteiger charge is 2.50. The number of nitrogens with zero attached hydrogens (tertiary/aromatic N) is 1. The van der Waals surface area contributed by atoms with Crippen molar-refractivity contribution in [2.75, 3.05) is 26.1 Å².